The van der Waals surface area contributed by atoms with Gasteiger partial charge in [-0.1, -0.05) is 0 Å². The lowest BCUT2D eigenvalue weighted by Gasteiger charge is -2.21. The summed E-state index contributed by atoms with van der Waals surface area (Å²) in [7, 11) is 0. The smallest absolute Gasteiger partial charge is 0.374 e. The van der Waals surface area contributed by atoms with Gasteiger partial charge < -0.3 is 19.6 Å². The number of rotatable bonds is 2. The molecule has 0 amide bonds. The maximum absolute atomic E-state index is 12.0. The van der Waals surface area contributed by atoms with Crippen molar-refractivity contribution in [3.05, 3.63) is 30.0 Å². The quantitative estimate of drug-likeness (QED) is 0.663. The van der Waals surface area contributed by atoms with Crippen molar-refractivity contribution in [1.82, 2.24) is 0 Å². The summed E-state index contributed by atoms with van der Waals surface area (Å²) in [5.74, 6) is -0.214. The number of ether oxygens (including phenoxy) is 2. The summed E-state index contributed by atoms with van der Waals surface area (Å²) in [6, 6.07) is 6.91. The molecule has 0 radical (unpaired) electrons. The number of benzene rings is 1. The molecule has 0 bridgehead atoms. The van der Waals surface area contributed by atoms with E-state index in [1.807, 2.05) is 0 Å². The van der Waals surface area contributed by atoms with Gasteiger partial charge in [-0.2, -0.15) is 0 Å². The van der Waals surface area contributed by atoms with Crippen molar-refractivity contribution in [2.45, 2.75) is 18.9 Å². The molecule has 1 aliphatic rings. The number of hydrogen-bond donors (Lipinski definition) is 1. The van der Waals surface area contributed by atoms with Crippen molar-refractivity contribution in [3.63, 3.8) is 0 Å². The van der Waals surface area contributed by atoms with E-state index >= 15 is 0 Å². The number of nitrogen functional groups attached to an aromatic ring is 1. The number of carbonyl (C=O) groups is 1. The average molecular weight is 261 g/mol. The van der Waals surface area contributed by atoms with Crippen LogP contribution in [0.1, 0.15) is 23.4 Å². The molecule has 3 rings (SSSR count). The Kier molecular flexibility index (Phi) is 3.13. The van der Waals surface area contributed by atoms with Gasteiger partial charge in [0.05, 0.1) is 13.2 Å². The molecule has 0 atom stereocenters. The van der Waals surface area contributed by atoms with Gasteiger partial charge in [0, 0.05) is 23.9 Å². The summed E-state index contributed by atoms with van der Waals surface area (Å²) in [6.07, 6.45) is 1.39. The minimum absolute atomic E-state index is 0.0838. The molecule has 2 aromatic rings. The van der Waals surface area contributed by atoms with Crippen LogP contribution in [0.2, 0.25) is 0 Å². The average Bonchev–Trinajstić information content (AvgIpc) is 2.83. The summed E-state index contributed by atoms with van der Waals surface area (Å²) >= 11 is 0. The minimum atomic E-state index is -0.429. The molecule has 0 saturated carbocycles. The van der Waals surface area contributed by atoms with E-state index in [-0.39, 0.29) is 11.9 Å². The maximum Gasteiger partial charge on any atom is 0.374 e. The summed E-state index contributed by atoms with van der Waals surface area (Å²) in [5, 5.41) is 0.805. The second kappa shape index (κ2) is 4.93. The number of hydrogen-bond acceptors (Lipinski definition) is 5. The molecule has 1 saturated heterocycles. The zero-order valence-corrected chi connectivity index (χ0v) is 10.4. The monoisotopic (exact) mass is 261 g/mol. The molecule has 0 spiro atoms. The number of fused-ring (bicyclic) bond motifs is 1. The zero-order chi connectivity index (χ0) is 13.2. The highest BCUT2D eigenvalue weighted by Gasteiger charge is 2.21. The van der Waals surface area contributed by atoms with Gasteiger partial charge in [0.25, 0.3) is 0 Å². The van der Waals surface area contributed by atoms with E-state index in [1.54, 1.807) is 24.3 Å². The first-order chi connectivity index (χ1) is 9.22. The lowest BCUT2D eigenvalue weighted by atomic mass is 10.1. The number of esters is 1. The van der Waals surface area contributed by atoms with Crippen LogP contribution >= 0.6 is 0 Å². The van der Waals surface area contributed by atoms with Crippen LogP contribution in [0.15, 0.2) is 28.7 Å². The van der Waals surface area contributed by atoms with Gasteiger partial charge in [0.1, 0.15) is 11.7 Å². The van der Waals surface area contributed by atoms with E-state index in [0.717, 1.165) is 18.2 Å². The number of nitrogens with two attached hydrogens (primary N) is 1. The SMILES string of the molecule is Nc1ccc2oc(C(=O)OC3CCOCC3)cc2c1. The van der Waals surface area contributed by atoms with E-state index in [1.165, 1.54) is 0 Å². The predicted molar refractivity (Wildman–Crippen MR) is 69.9 cm³/mol. The third kappa shape index (κ3) is 2.56. The predicted octanol–water partition coefficient (Wildman–Crippen LogP) is 2.35. The maximum atomic E-state index is 12.0. The van der Waals surface area contributed by atoms with Crippen LogP contribution < -0.4 is 5.73 Å². The van der Waals surface area contributed by atoms with Gasteiger partial charge in [-0.3, -0.25) is 0 Å². The first-order valence-corrected chi connectivity index (χ1v) is 6.30. The lowest BCUT2D eigenvalue weighted by molar-refractivity contribution is -0.0178. The highest BCUT2D eigenvalue weighted by molar-refractivity contribution is 5.93. The molecule has 2 heterocycles. The highest BCUT2D eigenvalue weighted by Crippen LogP contribution is 2.23. The zero-order valence-electron chi connectivity index (χ0n) is 10.4. The van der Waals surface area contributed by atoms with Gasteiger partial charge in [-0.05, 0) is 24.3 Å². The first-order valence-electron chi connectivity index (χ1n) is 6.30. The Morgan fingerprint density at radius 3 is 2.84 bits per heavy atom. The molecule has 1 aliphatic heterocycles. The molecular weight excluding hydrogens is 246 g/mol. The van der Waals surface area contributed by atoms with Crippen molar-refractivity contribution >= 4 is 22.6 Å². The van der Waals surface area contributed by atoms with Gasteiger partial charge in [-0.15, -0.1) is 0 Å². The number of carbonyl (C=O) groups excluding carboxylic acids is 1. The Labute approximate surface area is 110 Å². The van der Waals surface area contributed by atoms with E-state index in [0.29, 0.717) is 24.5 Å². The number of anilines is 1. The minimum Gasteiger partial charge on any atom is -0.456 e. The van der Waals surface area contributed by atoms with Crippen LogP contribution in [0.4, 0.5) is 5.69 Å². The van der Waals surface area contributed by atoms with Crippen LogP contribution in [0.5, 0.6) is 0 Å². The molecule has 2 N–H and O–H groups in total. The molecule has 1 aromatic heterocycles. The molecule has 19 heavy (non-hydrogen) atoms. The van der Waals surface area contributed by atoms with Crippen LogP contribution in [0.25, 0.3) is 11.0 Å². The molecular formula is C14H15NO4. The fraction of sp³-hybridized carbons (Fsp3) is 0.357. The van der Waals surface area contributed by atoms with Crippen LogP contribution in [-0.4, -0.2) is 25.3 Å². The first kappa shape index (κ1) is 12.0. The van der Waals surface area contributed by atoms with E-state index in [4.69, 9.17) is 19.6 Å². The Morgan fingerprint density at radius 2 is 2.05 bits per heavy atom. The molecule has 5 heteroatoms. The second-order valence-electron chi connectivity index (χ2n) is 4.62. The normalized spacial score (nSPS) is 16.6. The summed E-state index contributed by atoms with van der Waals surface area (Å²) in [4.78, 5) is 12.0. The Balaban J connectivity index is 1.77. The van der Waals surface area contributed by atoms with Gasteiger partial charge in [0.2, 0.25) is 5.76 Å². The Bertz CT molecular complexity index is 599. The molecule has 0 aliphatic carbocycles. The molecule has 1 aromatic carbocycles. The summed E-state index contributed by atoms with van der Waals surface area (Å²) in [6.45, 7) is 1.27. The summed E-state index contributed by atoms with van der Waals surface area (Å²) in [5.41, 5.74) is 6.96. The summed E-state index contributed by atoms with van der Waals surface area (Å²) < 4.78 is 16.1. The van der Waals surface area contributed by atoms with Gasteiger partial charge >= 0.3 is 5.97 Å². The fourth-order valence-electron chi connectivity index (χ4n) is 2.17. The lowest BCUT2D eigenvalue weighted by Crippen LogP contribution is -2.25. The molecule has 0 unspecified atom stereocenters. The molecule has 5 nitrogen and oxygen atoms in total. The van der Waals surface area contributed by atoms with Crippen molar-refractivity contribution in [3.8, 4) is 0 Å². The van der Waals surface area contributed by atoms with Crippen molar-refractivity contribution in [2.75, 3.05) is 18.9 Å². The third-order valence-corrected chi connectivity index (χ3v) is 3.18. The van der Waals surface area contributed by atoms with Crippen molar-refractivity contribution in [1.29, 1.82) is 0 Å². The van der Waals surface area contributed by atoms with Crippen molar-refractivity contribution in [2.24, 2.45) is 0 Å². The van der Waals surface area contributed by atoms with Gasteiger partial charge in [0.15, 0.2) is 0 Å². The molecule has 1 fully saturated rings. The van der Waals surface area contributed by atoms with E-state index in [2.05, 4.69) is 0 Å². The van der Waals surface area contributed by atoms with E-state index < -0.39 is 5.97 Å². The second-order valence-corrected chi connectivity index (χ2v) is 4.62. The number of furan rings is 1. The largest absolute Gasteiger partial charge is 0.456 e. The Morgan fingerprint density at radius 1 is 1.26 bits per heavy atom. The fourth-order valence-corrected chi connectivity index (χ4v) is 2.17. The molecule has 100 valence electrons. The van der Waals surface area contributed by atoms with Crippen LogP contribution in [-0.2, 0) is 9.47 Å². The topological polar surface area (TPSA) is 74.7 Å². The highest BCUT2D eigenvalue weighted by atomic mass is 16.6. The third-order valence-electron chi connectivity index (χ3n) is 3.18. The van der Waals surface area contributed by atoms with Gasteiger partial charge in [-0.25, -0.2) is 4.79 Å². The van der Waals surface area contributed by atoms with Crippen LogP contribution in [0.3, 0.4) is 0 Å². The van der Waals surface area contributed by atoms with Crippen molar-refractivity contribution < 1.29 is 18.7 Å². The van der Waals surface area contributed by atoms with Crippen LogP contribution in [0, 0.1) is 0 Å². The Hall–Kier alpha value is -2.01. The standard InChI is InChI=1S/C14H15NO4/c15-10-1-2-12-9(7-10)8-13(19-12)14(16)18-11-3-5-17-6-4-11/h1-2,7-8,11H,3-6,15H2. The van der Waals surface area contributed by atoms with E-state index in [9.17, 15) is 4.79 Å².